The van der Waals surface area contributed by atoms with Crippen LogP contribution < -0.4 is 5.73 Å². The monoisotopic (exact) mass is 250 g/mol. The summed E-state index contributed by atoms with van der Waals surface area (Å²) in [6.07, 6.45) is 9.88. The zero-order valence-electron chi connectivity index (χ0n) is 11.3. The predicted octanol–water partition coefficient (Wildman–Crippen LogP) is 3.94. The normalized spacial score (nSPS) is 26.2. The fraction of sp³-hybridized carbons (Fsp3) is 0.235. The molecule has 1 aliphatic rings. The number of nitriles is 1. The molecule has 2 N–H and O–H groups in total. The van der Waals surface area contributed by atoms with E-state index in [1.807, 2.05) is 30.3 Å². The highest BCUT2D eigenvalue weighted by molar-refractivity contribution is 5.72. The molecule has 2 rings (SSSR count). The molecule has 0 aliphatic heterocycles. The number of anilines is 1. The van der Waals surface area contributed by atoms with Gasteiger partial charge >= 0.3 is 0 Å². The Kier molecular flexibility index (Phi) is 3.57. The van der Waals surface area contributed by atoms with Crippen molar-refractivity contribution in [1.29, 1.82) is 5.26 Å². The summed E-state index contributed by atoms with van der Waals surface area (Å²) in [6, 6.07) is 10.0. The minimum atomic E-state index is -0.124. The lowest BCUT2D eigenvalue weighted by Crippen LogP contribution is -2.23. The molecule has 0 bridgehead atoms. The second-order valence-electron chi connectivity index (χ2n) is 5.15. The van der Waals surface area contributed by atoms with E-state index < -0.39 is 0 Å². The van der Waals surface area contributed by atoms with Crippen LogP contribution in [0, 0.1) is 22.7 Å². The molecule has 0 heterocycles. The van der Waals surface area contributed by atoms with Crippen molar-refractivity contribution < 1.29 is 0 Å². The molecule has 96 valence electrons. The van der Waals surface area contributed by atoms with Gasteiger partial charge in [0.1, 0.15) is 0 Å². The van der Waals surface area contributed by atoms with Gasteiger partial charge in [-0.2, -0.15) is 5.26 Å². The lowest BCUT2D eigenvalue weighted by molar-refractivity contribution is 0.431. The number of rotatable bonds is 2. The third kappa shape index (κ3) is 2.61. The topological polar surface area (TPSA) is 49.8 Å². The van der Waals surface area contributed by atoms with E-state index in [4.69, 9.17) is 11.0 Å². The summed E-state index contributed by atoms with van der Waals surface area (Å²) in [4.78, 5) is 0. The maximum atomic E-state index is 8.72. The highest BCUT2D eigenvalue weighted by Gasteiger charge is 2.30. The van der Waals surface area contributed by atoms with Crippen LogP contribution in [0.1, 0.15) is 19.4 Å². The van der Waals surface area contributed by atoms with E-state index in [2.05, 4.69) is 38.1 Å². The van der Waals surface area contributed by atoms with Crippen molar-refractivity contribution in [3.8, 4) is 6.07 Å². The average Bonchev–Trinajstić information content (AvgIpc) is 2.41. The molecule has 0 radical (unpaired) electrons. The van der Waals surface area contributed by atoms with E-state index >= 15 is 0 Å². The maximum Gasteiger partial charge on any atom is 0.0909 e. The van der Waals surface area contributed by atoms with Crippen LogP contribution in [-0.4, -0.2) is 0 Å². The molecule has 2 unspecified atom stereocenters. The summed E-state index contributed by atoms with van der Waals surface area (Å²) in [5.41, 5.74) is 8.83. The van der Waals surface area contributed by atoms with Crippen LogP contribution in [0.25, 0.3) is 5.57 Å². The third-order valence-electron chi connectivity index (χ3n) is 3.89. The van der Waals surface area contributed by atoms with Gasteiger partial charge in [-0.1, -0.05) is 50.3 Å². The third-order valence-corrected chi connectivity index (χ3v) is 3.89. The molecular formula is C17H18N2. The van der Waals surface area contributed by atoms with Crippen LogP contribution in [-0.2, 0) is 0 Å². The van der Waals surface area contributed by atoms with Crippen molar-refractivity contribution in [1.82, 2.24) is 0 Å². The Labute approximate surface area is 114 Å². The van der Waals surface area contributed by atoms with Crippen LogP contribution >= 0.6 is 0 Å². The number of allylic oxidation sites excluding steroid dienone is 6. The summed E-state index contributed by atoms with van der Waals surface area (Å²) in [5.74, 6) is 0.311. The van der Waals surface area contributed by atoms with Crippen LogP contribution in [0.5, 0.6) is 0 Å². The average molecular weight is 250 g/mol. The van der Waals surface area contributed by atoms with Crippen molar-refractivity contribution in [3.63, 3.8) is 0 Å². The Bertz CT molecular complexity index is 585. The molecule has 1 aromatic carbocycles. The van der Waals surface area contributed by atoms with Gasteiger partial charge in [0.2, 0.25) is 0 Å². The van der Waals surface area contributed by atoms with Gasteiger partial charge in [-0.3, -0.25) is 0 Å². The number of hydrogen-bond donors (Lipinski definition) is 1. The van der Waals surface area contributed by atoms with Gasteiger partial charge in [-0.05, 0) is 29.2 Å². The molecule has 2 nitrogen and oxygen atoms in total. The molecule has 2 atom stereocenters. The highest BCUT2D eigenvalue weighted by atomic mass is 14.5. The largest absolute Gasteiger partial charge is 0.399 e. The van der Waals surface area contributed by atoms with Crippen LogP contribution in [0.15, 0.2) is 54.6 Å². The lowest BCUT2D eigenvalue weighted by Gasteiger charge is -2.34. The molecule has 1 aliphatic carbocycles. The van der Waals surface area contributed by atoms with Gasteiger partial charge < -0.3 is 5.73 Å². The SMILES string of the molecule is CC1C(c2ccc(N)cc2)=CC=CC1(C)/C=C/C#N. The molecule has 0 fully saturated rings. The quantitative estimate of drug-likeness (QED) is 0.638. The Hall–Kier alpha value is -2.27. The maximum absolute atomic E-state index is 8.72. The van der Waals surface area contributed by atoms with E-state index in [9.17, 15) is 0 Å². The minimum absolute atomic E-state index is 0.124. The first-order chi connectivity index (χ1) is 9.07. The predicted molar refractivity (Wildman–Crippen MR) is 80.0 cm³/mol. The van der Waals surface area contributed by atoms with Crippen LogP contribution in [0.4, 0.5) is 5.69 Å². The molecular weight excluding hydrogens is 232 g/mol. The summed E-state index contributed by atoms with van der Waals surface area (Å²) in [5, 5.41) is 8.72. The van der Waals surface area contributed by atoms with E-state index in [1.54, 1.807) is 6.08 Å². The smallest absolute Gasteiger partial charge is 0.0909 e. The Morgan fingerprint density at radius 2 is 2.00 bits per heavy atom. The van der Waals surface area contributed by atoms with E-state index in [0.29, 0.717) is 5.92 Å². The highest BCUT2D eigenvalue weighted by Crippen LogP contribution is 2.42. The van der Waals surface area contributed by atoms with Gasteiger partial charge in [0, 0.05) is 17.2 Å². The zero-order valence-corrected chi connectivity index (χ0v) is 11.3. The van der Waals surface area contributed by atoms with Gasteiger partial charge in [0.05, 0.1) is 6.07 Å². The Morgan fingerprint density at radius 1 is 1.32 bits per heavy atom. The van der Waals surface area contributed by atoms with Crippen molar-refractivity contribution in [3.05, 3.63) is 60.2 Å². The zero-order chi connectivity index (χ0) is 13.9. The first kappa shape index (κ1) is 13.2. The van der Waals surface area contributed by atoms with Gasteiger partial charge in [-0.25, -0.2) is 0 Å². The van der Waals surface area contributed by atoms with Crippen LogP contribution in [0.2, 0.25) is 0 Å². The van der Waals surface area contributed by atoms with Gasteiger partial charge in [-0.15, -0.1) is 0 Å². The molecule has 0 spiro atoms. The number of nitrogens with zero attached hydrogens (tertiary/aromatic N) is 1. The fourth-order valence-electron chi connectivity index (χ4n) is 2.42. The number of nitrogen functional groups attached to an aromatic ring is 1. The summed E-state index contributed by atoms with van der Waals surface area (Å²) >= 11 is 0. The van der Waals surface area contributed by atoms with Crippen molar-refractivity contribution in [2.45, 2.75) is 13.8 Å². The molecule has 0 amide bonds. The van der Waals surface area contributed by atoms with Gasteiger partial charge in [0.25, 0.3) is 0 Å². The lowest BCUT2D eigenvalue weighted by atomic mass is 9.69. The molecule has 19 heavy (non-hydrogen) atoms. The van der Waals surface area contributed by atoms with Crippen molar-refractivity contribution in [2.24, 2.45) is 11.3 Å². The second-order valence-corrected chi connectivity index (χ2v) is 5.15. The first-order valence-electron chi connectivity index (χ1n) is 6.39. The Morgan fingerprint density at radius 3 is 2.63 bits per heavy atom. The van der Waals surface area contributed by atoms with Crippen molar-refractivity contribution in [2.75, 3.05) is 5.73 Å². The first-order valence-corrected chi connectivity index (χ1v) is 6.39. The van der Waals surface area contributed by atoms with Gasteiger partial charge in [0.15, 0.2) is 0 Å². The van der Waals surface area contributed by atoms with Crippen LogP contribution in [0.3, 0.4) is 0 Å². The fourth-order valence-corrected chi connectivity index (χ4v) is 2.42. The molecule has 0 saturated heterocycles. The van der Waals surface area contributed by atoms with Crippen molar-refractivity contribution >= 4 is 11.3 Å². The second kappa shape index (κ2) is 5.16. The standard InChI is InChI=1S/C17H18N2/c1-13-16(14-6-8-15(19)9-7-14)5-3-10-17(13,2)11-4-12-18/h3-11,13H,19H2,1-2H3/b11-4+. The van der Waals surface area contributed by atoms with E-state index in [1.165, 1.54) is 11.1 Å². The molecule has 1 aromatic rings. The summed E-state index contributed by atoms with van der Waals surface area (Å²) < 4.78 is 0. The minimum Gasteiger partial charge on any atom is -0.399 e. The number of nitrogens with two attached hydrogens (primary N) is 1. The summed E-state index contributed by atoms with van der Waals surface area (Å²) in [6.45, 7) is 4.33. The molecule has 0 aromatic heterocycles. The van der Waals surface area contributed by atoms with E-state index in [-0.39, 0.29) is 5.41 Å². The molecule has 0 saturated carbocycles. The van der Waals surface area contributed by atoms with E-state index in [0.717, 1.165) is 5.69 Å². The molecule has 2 heteroatoms. The number of benzene rings is 1. The summed E-state index contributed by atoms with van der Waals surface area (Å²) in [7, 11) is 0. The Balaban J connectivity index is 2.36. The number of hydrogen-bond acceptors (Lipinski definition) is 2.